The van der Waals surface area contributed by atoms with E-state index in [0.717, 1.165) is 0 Å². The lowest BCUT2D eigenvalue weighted by Gasteiger charge is -2.39. The van der Waals surface area contributed by atoms with E-state index in [2.05, 4.69) is 27.7 Å². The Bertz CT molecular complexity index is 186. The monoisotopic (exact) mass is 284 g/mol. The second kappa shape index (κ2) is 16.4. The van der Waals surface area contributed by atoms with Crippen LogP contribution in [0.25, 0.3) is 5.41 Å². The van der Waals surface area contributed by atoms with Gasteiger partial charge in [-0.1, -0.05) is 53.4 Å². The van der Waals surface area contributed by atoms with Gasteiger partial charge in [-0.25, -0.2) is 0 Å². The van der Waals surface area contributed by atoms with Gasteiger partial charge in [-0.2, -0.15) is 0 Å². The number of rotatable bonds is 12. The van der Waals surface area contributed by atoms with E-state index in [1.165, 1.54) is 82.0 Å². The minimum absolute atomic E-state index is 0.500. The molecule has 0 amide bonds. The average molecular weight is 284 g/mol. The predicted molar refractivity (Wildman–Crippen MR) is 88.4 cm³/mol. The van der Waals surface area contributed by atoms with Gasteiger partial charge in [-0.3, -0.25) is 4.79 Å². The number of carbonyl (C=O) groups excluding carboxylic acids is 1. The van der Waals surface area contributed by atoms with Crippen LogP contribution in [-0.4, -0.2) is 36.7 Å². The summed E-state index contributed by atoms with van der Waals surface area (Å²) in [7, 11) is 0. The molecule has 0 spiro atoms. The van der Waals surface area contributed by atoms with Crippen molar-refractivity contribution in [3.63, 3.8) is 0 Å². The van der Waals surface area contributed by atoms with Gasteiger partial charge in [0.25, 0.3) is 0 Å². The molecule has 0 saturated carbocycles. The predicted octanol–water partition coefficient (Wildman–Crippen LogP) is 4.90. The van der Waals surface area contributed by atoms with Crippen LogP contribution in [0.1, 0.15) is 79.1 Å². The maximum atomic E-state index is 8.24. The molecule has 0 unspecified atom stereocenters. The molecule has 0 aromatic carbocycles. The molecular formula is C17H36N2O. The first-order chi connectivity index (χ1) is 9.66. The number of quaternary nitrogens is 1. The molecule has 0 atom stereocenters. The second-order valence-corrected chi connectivity index (χ2v) is 5.74. The third-order valence-corrected chi connectivity index (χ3v) is 3.94. The second-order valence-electron chi connectivity index (χ2n) is 5.74. The first kappa shape index (κ1) is 21.6. The van der Waals surface area contributed by atoms with E-state index in [9.17, 15) is 0 Å². The zero-order valence-electron chi connectivity index (χ0n) is 14.3. The van der Waals surface area contributed by atoms with Crippen molar-refractivity contribution in [3.05, 3.63) is 5.41 Å². The fraction of sp³-hybridized carbons (Fsp3) is 0.941. The number of nitrogens with zero attached hydrogens (tertiary/aromatic N) is 2. The summed E-state index contributed by atoms with van der Waals surface area (Å²) in [6, 6.07) is 0. The molecule has 0 heterocycles. The van der Waals surface area contributed by atoms with Gasteiger partial charge in [0.2, 0.25) is 0 Å². The van der Waals surface area contributed by atoms with Crippen molar-refractivity contribution < 1.29 is 9.28 Å². The van der Waals surface area contributed by atoms with E-state index in [4.69, 9.17) is 10.2 Å². The molecule has 20 heavy (non-hydrogen) atoms. The molecule has 0 rings (SSSR count). The van der Waals surface area contributed by atoms with Gasteiger partial charge >= 0.3 is 0 Å². The molecule has 120 valence electrons. The van der Waals surface area contributed by atoms with Crippen molar-refractivity contribution in [3.8, 4) is 0 Å². The van der Waals surface area contributed by atoms with Crippen LogP contribution in [0, 0.1) is 0 Å². The van der Waals surface area contributed by atoms with Crippen LogP contribution in [0.3, 0.4) is 0 Å². The molecule has 0 aromatic rings. The zero-order chi connectivity index (χ0) is 15.7. The Balaban J connectivity index is 0. The van der Waals surface area contributed by atoms with Crippen LogP contribution in [0.2, 0.25) is 0 Å². The van der Waals surface area contributed by atoms with Crippen LogP contribution in [0.5, 0.6) is 0 Å². The Morgan fingerprint density at radius 2 is 0.900 bits per heavy atom. The first-order valence-electron chi connectivity index (χ1n) is 8.52. The van der Waals surface area contributed by atoms with Gasteiger partial charge in [0, 0.05) is 0 Å². The largest absolute Gasteiger partial charge is 0.724 e. The van der Waals surface area contributed by atoms with Crippen molar-refractivity contribution in [2.24, 2.45) is 0 Å². The summed E-state index contributed by atoms with van der Waals surface area (Å²) in [5.74, 6) is 0. The third-order valence-electron chi connectivity index (χ3n) is 3.94. The van der Waals surface area contributed by atoms with Crippen LogP contribution >= 0.6 is 0 Å². The average Bonchev–Trinajstić information content (AvgIpc) is 2.46. The highest BCUT2D eigenvalue weighted by Gasteiger charge is 2.24. The summed E-state index contributed by atoms with van der Waals surface area (Å²) in [6.07, 6.45) is 11.6. The fourth-order valence-electron chi connectivity index (χ4n) is 2.64. The molecule has 0 saturated heterocycles. The Kier molecular flexibility index (Phi) is 17.7. The van der Waals surface area contributed by atoms with Gasteiger partial charge in [0.05, 0.1) is 26.2 Å². The lowest BCUT2D eigenvalue weighted by atomic mass is 10.1. The third kappa shape index (κ3) is 12.4. The lowest BCUT2D eigenvalue weighted by molar-refractivity contribution is -0.929. The Morgan fingerprint density at radius 1 is 0.700 bits per heavy atom. The zero-order valence-corrected chi connectivity index (χ0v) is 14.3. The summed E-state index contributed by atoms with van der Waals surface area (Å²) in [4.78, 5) is 8.24. The summed E-state index contributed by atoms with van der Waals surface area (Å²) >= 11 is 0. The Morgan fingerprint density at radius 3 is 1.05 bits per heavy atom. The SMILES string of the molecule is CCCC[N+](CCCC)(CCCC)CCCC.[N-]=C=O. The standard InChI is InChI=1S/C16H36N.CNO/c1-5-9-13-17(14-10-6-2,15-11-7-3)16-12-8-4;2-1-3/h5-16H2,1-4H3;/q+1;-1. The highest BCUT2D eigenvalue weighted by molar-refractivity contribution is 5.36. The molecule has 0 N–H and O–H groups in total. The smallest absolute Gasteiger partial charge is 0.0786 e. The summed E-state index contributed by atoms with van der Waals surface area (Å²) in [5.41, 5.74) is 0. The molecule has 3 heteroatoms. The number of isocyanates is 1. The molecule has 0 fully saturated rings. The topological polar surface area (TPSA) is 39.4 Å². The molecule has 3 nitrogen and oxygen atoms in total. The van der Waals surface area contributed by atoms with Crippen molar-refractivity contribution in [2.75, 3.05) is 26.2 Å². The van der Waals surface area contributed by atoms with E-state index in [-0.39, 0.29) is 0 Å². The minimum atomic E-state index is 0.500. The normalized spacial score (nSPS) is 10.6. The van der Waals surface area contributed by atoms with Crippen molar-refractivity contribution in [1.29, 1.82) is 0 Å². The van der Waals surface area contributed by atoms with E-state index < -0.39 is 0 Å². The quantitative estimate of drug-likeness (QED) is 0.285. The maximum absolute atomic E-state index is 8.24. The molecular weight excluding hydrogens is 248 g/mol. The Labute approximate surface area is 126 Å². The van der Waals surface area contributed by atoms with E-state index in [0.29, 0.717) is 6.08 Å². The maximum Gasteiger partial charge on any atom is 0.0786 e. The minimum Gasteiger partial charge on any atom is -0.724 e. The summed E-state index contributed by atoms with van der Waals surface area (Å²) in [6.45, 7) is 15.0. The molecule has 0 aliphatic heterocycles. The van der Waals surface area contributed by atoms with Crippen LogP contribution in [-0.2, 0) is 4.79 Å². The highest BCUT2D eigenvalue weighted by Crippen LogP contribution is 2.16. The summed E-state index contributed by atoms with van der Waals surface area (Å²) in [5, 5.41) is 6.76. The number of unbranched alkanes of at least 4 members (excludes halogenated alkanes) is 4. The van der Waals surface area contributed by atoms with Gasteiger partial charge in [0.15, 0.2) is 0 Å². The number of hydrogen-bond acceptors (Lipinski definition) is 1. The van der Waals surface area contributed by atoms with E-state index >= 15 is 0 Å². The molecule has 0 radical (unpaired) electrons. The molecule has 0 aliphatic rings. The molecule has 0 bridgehead atoms. The van der Waals surface area contributed by atoms with Gasteiger partial charge in [-0.15, -0.1) is 0 Å². The van der Waals surface area contributed by atoms with Gasteiger partial charge < -0.3 is 9.89 Å². The van der Waals surface area contributed by atoms with E-state index in [1.807, 2.05) is 0 Å². The van der Waals surface area contributed by atoms with Gasteiger partial charge in [-0.05, 0) is 31.8 Å². The molecule has 0 aromatic heterocycles. The lowest BCUT2D eigenvalue weighted by Crippen LogP contribution is -2.50. The number of hydrogen-bond donors (Lipinski definition) is 0. The van der Waals surface area contributed by atoms with E-state index in [1.54, 1.807) is 0 Å². The van der Waals surface area contributed by atoms with Gasteiger partial charge in [0.1, 0.15) is 0 Å². The first-order valence-corrected chi connectivity index (χ1v) is 8.52. The van der Waals surface area contributed by atoms with Crippen LogP contribution in [0.15, 0.2) is 0 Å². The van der Waals surface area contributed by atoms with Crippen molar-refractivity contribution >= 4 is 6.08 Å². The highest BCUT2D eigenvalue weighted by atomic mass is 16.1. The Hall–Kier alpha value is -0.660. The van der Waals surface area contributed by atoms with Crippen molar-refractivity contribution in [2.45, 2.75) is 79.1 Å². The fourth-order valence-corrected chi connectivity index (χ4v) is 2.64. The van der Waals surface area contributed by atoms with Crippen molar-refractivity contribution in [1.82, 2.24) is 0 Å². The van der Waals surface area contributed by atoms with Crippen LogP contribution < -0.4 is 0 Å². The summed E-state index contributed by atoms with van der Waals surface area (Å²) < 4.78 is 1.42. The van der Waals surface area contributed by atoms with Crippen LogP contribution in [0.4, 0.5) is 0 Å². The molecule has 0 aliphatic carbocycles.